The Morgan fingerprint density at radius 3 is 2.57 bits per heavy atom. The molecule has 4 aromatic rings. The largest absolute Gasteiger partial charge is 0.337 e. The molecule has 0 aliphatic carbocycles. The van der Waals surface area contributed by atoms with Crippen molar-refractivity contribution in [3.05, 3.63) is 81.0 Å². The topological polar surface area (TPSA) is 84.3 Å². The van der Waals surface area contributed by atoms with Crippen LogP contribution in [0.5, 0.6) is 0 Å². The number of anilines is 1. The molecule has 9 heteroatoms. The lowest BCUT2D eigenvalue weighted by molar-refractivity contribution is -0.129. The van der Waals surface area contributed by atoms with E-state index >= 15 is 0 Å². The van der Waals surface area contributed by atoms with Gasteiger partial charge in [0.15, 0.2) is 5.16 Å². The molecule has 0 bridgehead atoms. The number of amides is 2. The molecule has 1 N–H and O–H groups in total. The summed E-state index contributed by atoms with van der Waals surface area (Å²) < 4.78 is 1.60. The quantitative estimate of drug-likeness (QED) is 0.322. The summed E-state index contributed by atoms with van der Waals surface area (Å²) in [5, 5.41) is 3.96. The number of thioether (sulfide) groups is 1. The van der Waals surface area contributed by atoms with Gasteiger partial charge in [0.25, 0.3) is 5.56 Å². The smallest absolute Gasteiger partial charge is 0.267 e. The van der Waals surface area contributed by atoms with Crippen LogP contribution in [0.25, 0.3) is 15.9 Å². The van der Waals surface area contributed by atoms with E-state index in [2.05, 4.69) is 5.32 Å². The van der Waals surface area contributed by atoms with Gasteiger partial charge in [-0.25, -0.2) is 4.98 Å². The van der Waals surface area contributed by atoms with Gasteiger partial charge in [-0.1, -0.05) is 47.7 Å². The molecule has 1 aliphatic heterocycles. The van der Waals surface area contributed by atoms with Crippen LogP contribution < -0.4 is 10.9 Å². The van der Waals surface area contributed by atoms with Crippen LogP contribution in [0.15, 0.2) is 64.5 Å². The van der Waals surface area contributed by atoms with E-state index in [-0.39, 0.29) is 23.1 Å². The SMILES string of the molecule is CC(=O)N1CCc2c(sc3nc(SCC(=O)Nc4ccccc4)n(-c4ccc(C)cc4)c(=O)c23)C1. The summed E-state index contributed by atoms with van der Waals surface area (Å²) in [7, 11) is 0. The third-order valence-corrected chi connectivity index (χ3v) is 8.02. The average molecular weight is 505 g/mol. The first-order valence-corrected chi connectivity index (χ1v) is 13.1. The highest BCUT2D eigenvalue weighted by molar-refractivity contribution is 7.99. The van der Waals surface area contributed by atoms with Gasteiger partial charge in [-0.3, -0.25) is 19.0 Å². The molecule has 2 aromatic heterocycles. The predicted molar refractivity (Wildman–Crippen MR) is 141 cm³/mol. The van der Waals surface area contributed by atoms with Gasteiger partial charge >= 0.3 is 0 Å². The van der Waals surface area contributed by atoms with E-state index in [1.165, 1.54) is 23.1 Å². The van der Waals surface area contributed by atoms with Crippen molar-refractivity contribution in [2.24, 2.45) is 0 Å². The van der Waals surface area contributed by atoms with Crippen LogP contribution in [0.2, 0.25) is 0 Å². The minimum atomic E-state index is -0.173. The van der Waals surface area contributed by atoms with Crippen LogP contribution in [-0.2, 0) is 22.6 Å². The highest BCUT2D eigenvalue weighted by atomic mass is 32.2. The Bertz CT molecular complexity index is 1480. The van der Waals surface area contributed by atoms with Gasteiger partial charge in [-0.2, -0.15) is 0 Å². The van der Waals surface area contributed by atoms with Crippen LogP contribution in [0.4, 0.5) is 5.69 Å². The van der Waals surface area contributed by atoms with Crippen LogP contribution in [-0.4, -0.2) is 38.6 Å². The van der Waals surface area contributed by atoms with E-state index in [1.54, 1.807) is 16.4 Å². The maximum atomic E-state index is 13.9. The molecule has 1 aliphatic rings. The standard InChI is InChI=1S/C26H24N4O3S2/c1-16-8-10-19(11-9-16)30-25(33)23-20-12-13-29(17(2)31)14-21(20)35-24(23)28-26(30)34-15-22(32)27-18-6-4-3-5-7-18/h3-11H,12-15H2,1-2H3,(H,27,32). The molecule has 0 unspecified atom stereocenters. The van der Waals surface area contributed by atoms with E-state index in [1.807, 2.05) is 61.5 Å². The molecule has 0 atom stereocenters. The van der Waals surface area contributed by atoms with E-state index in [9.17, 15) is 14.4 Å². The molecule has 0 saturated heterocycles. The molecule has 0 fully saturated rings. The Labute approximate surface area is 210 Å². The normalized spacial score (nSPS) is 13.0. The highest BCUT2D eigenvalue weighted by Gasteiger charge is 2.26. The van der Waals surface area contributed by atoms with Gasteiger partial charge in [0, 0.05) is 24.0 Å². The zero-order chi connectivity index (χ0) is 24.5. The number of aromatic nitrogens is 2. The van der Waals surface area contributed by atoms with Gasteiger partial charge in [0.05, 0.1) is 23.4 Å². The predicted octanol–water partition coefficient (Wildman–Crippen LogP) is 4.39. The lowest BCUT2D eigenvalue weighted by Crippen LogP contribution is -2.34. The summed E-state index contributed by atoms with van der Waals surface area (Å²) >= 11 is 2.70. The van der Waals surface area contributed by atoms with Crippen LogP contribution in [0.3, 0.4) is 0 Å². The molecular formula is C26H24N4O3S2. The lowest BCUT2D eigenvalue weighted by atomic mass is 10.1. The Morgan fingerprint density at radius 1 is 1.11 bits per heavy atom. The summed E-state index contributed by atoms with van der Waals surface area (Å²) in [5.74, 6) is -0.0329. The summed E-state index contributed by atoms with van der Waals surface area (Å²) in [5.41, 5.74) is 3.36. The molecule has 0 saturated carbocycles. The molecule has 178 valence electrons. The van der Waals surface area contributed by atoms with Gasteiger partial charge in [0.1, 0.15) is 4.83 Å². The fourth-order valence-corrected chi connectivity index (χ4v) is 6.25. The summed E-state index contributed by atoms with van der Waals surface area (Å²) in [6, 6.07) is 17.0. The number of nitrogens with one attached hydrogen (secondary N) is 1. The fourth-order valence-electron chi connectivity index (χ4n) is 4.16. The summed E-state index contributed by atoms with van der Waals surface area (Å²) in [6.07, 6.45) is 0.631. The Kier molecular flexibility index (Phi) is 6.44. The number of hydrogen-bond acceptors (Lipinski definition) is 6. The highest BCUT2D eigenvalue weighted by Crippen LogP contribution is 2.34. The van der Waals surface area contributed by atoms with E-state index in [0.717, 1.165) is 21.7 Å². The maximum Gasteiger partial charge on any atom is 0.267 e. The van der Waals surface area contributed by atoms with Crippen molar-refractivity contribution < 1.29 is 9.59 Å². The average Bonchev–Trinajstić information content (AvgIpc) is 3.22. The van der Waals surface area contributed by atoms with Crippen molar-refractivity contribution in [2.75, 3.05) is 17.6 Å². The second-order valence-electron chi connectivity index (χ2n) is 8.45. The minimum Gasteiger partial charge on any atom is -0.337 e. The van der Waals surface area contributed by atoms with Crippen molar-refractivity contribution in [3.63, 3.8) is 0 Å². The Morgan fingerprint density at radius 2 is 1.86 bits per heavy atom. The molecule has 0 spiro atoms. The zero-order valence-corrected chi connectivity index (χ0v) is 21.0. The van der Waals surface area contributed by atoms with Gasteiger partial charge in [0.2, 0.25) is 11.8 Å². The number of carbonyl (C=O) groups is 2. The van der Waals surface area contributed by atoms with Crippen LogP contribution >= 0.6 is 23.1 Å². The van der Waals surface area contributed by atoms with E-state index < -0.39 is 0 Å². The van der Waals surface area contributed by atoms with Crippen molar-refractivity contribution in [1.29, 1.82) is 0 Å². The Hall–Kier alpha value is -3.43. The molecule has 35 heavy (non-hydrogen) atoms. The van der Waals surface area contributed by atoms with Crippen molar-refractivity contribution in [2.45, 2.75) is 32.0 Å². The number of hydrogen-bond donors (Lipinski definition) is 1. The second kappa shape index (κ2) is 9.67. The van der Waals surface area contributed by atoms with Crippen LogP contribution in [0.1, 0.15) is 22.9 Å². The second-order valence-corrected chi connectivity index (χ2v) is 10.5. The number of benzene rings is 2. The number of para-hydroxylation sites is 1. The first kappa shape index (κ1) is 23.3. The summed E-state index contributed by atoms with van der Waals surface area (Å²) in [4.78, 5) is 46.7. The molecule has 3 heterocycles. The number of rotatable bonds is 5. The summed E-state index contributed by atoms with van der Waals surface area (Å²) in [6.45, 7) is 4.65. The zero-order valence-electron chi connectivity index (χ0n) is 19.4. The van der Waals surface area contributed by atoms with Crippen LogP contribution in [0, 0.1) is 6.92 Å². The van der Waals surface area contributed by atoms with Crippen molar-refractivity contribution in [1.82, 2.24) is 14.5 Å². The van der Waals surface area contributed by atoms with Gasteiger partial charge in [-0.05, 0) is 43.2 Å². The molecule has 2 aromatic carbocycles. The van der Waals surface area contributed by atoms with Crippen molar-refractivity contribution >= 4 is 50.8 Å². The molecule has 0 radical (unpaired) electrons. The third-order valence-electron chi connectivity index (χ3n) is 5.97. The maximum absolute atomic E-state index is 13.9. The first-order chi connectivity index (χ1) is 16.9. The lowest BCUT2D eigenvalue weighted by Gasteiger charge is -2.25. The third kappa shape index (κ3) is 4.74. The minimum absolute atomic E-state index is 0.0267. The van der Waals surface area contributed by atoms with E-state index in [4.69, 9.17) is 4.98 Å². The molecule has 2 amide bonds. The van der Waals surface area contributed by atoms with Gasteiger partial charge < -0.3 is 10.2 Å². The number of thiophene rings is 1. The van der Waals surface area contributed by atoms with E-state index in [0.29, 0.717) is 40.6 Å². The number of carbonyl (C=O) groups excluding carboxylic acids is 2. The fraction of sp³-hybridized carbons (Fsp3) is 0.231. The number of nitrogens with zero attached hydrogens (tertiary/aromatic N) is 3. The van der Waals surface area contributed by atoms with Crippen molar-refractivity contribution in [3.8, 4) is 5.69 Å². The first-order valence-electron chi connectivity index (χ1n) is 11.3. The molecular weight excluding hydrogens is 480 g/mol. The Balaban J connectivity index is 1.54. The number of aryl methyl sites for hydroxylation is 1. The molecule has 5 rings (SSSR count). The monoisotopic (exact) mass is 504 g/mol. The van der Waals surface area contributed by atoms with Gasteiger partial charge in [-0.15, -0.1) is 11.3 Å². The number of fused-ring (bicyclic) bond motifs is 3. The molecule has 7 nitrogen and oxygen atoms in total.